The van der Waals surface area contributed by atoms with Crippen molar-refractivity contribution in [3.8, 4) is 0 Å². The maximum Gasteiger partial charge on any atom is 0.397 e. The van der Waals surface area contributed by atoms with Crippen molar-refractivity contribution in [3.05, 3.63) is 11.8 Å². The van der Waals surface area contributed by atoms with Gasteiger partial charge in [-0.2, -0.15) is 8.42 Å². The van der Waals surface area contributed by atoms with Crippen molar-refractivity contribution >= 4 is 57.9 Å². The molecule has 24 N–H and O–H groups in total. The highest BCUT2D eigenvalue weighted by molar-refractivity contribution is 7.80. The van der Waals surface area contributed by atoms with Gasteiger partial charge in [-0.15, -0.1) is 0 Å². The minimum absolute atomic E-state index is 0.610. The Balaban J connectivity index is 0.978. The van der Waals surface area contributed by atoms with Crippen LogP contribution in [0.1, 0.15) is 27.7 Å². The van der Waals surface area contributed by atoms with Gasteiger partial charge >= 0.3 is 34.3 Å². The summed E-state index contributed by atoms with van der Waals surface area (Å²) >= 11 is 0. The molecule has 0 aromatic carbocycles. The molecule has 0 bridgehead atoms. The lowest BCUT2D eigenvalue weighted by atomic mass is 9.93. The Morgan fingerprint density at radius 2 is 0.651 bits per heavy atom. The number of rotatable bonds is 29. The summed E-state index contributed by atoms with van der Waals surface area (Å²) < 4.78 is 128. The standard InChI is InChI=1S/C57H86N4O47S/c1-11(65)58-21-26(71)36(17(7-62)95-50(21)92-5)100-55-34(79)31(76)42(45(107-55)49(87)88)105-53-24(61-14(4)68)29(74)39(20(98-53)10-93-109(89,90)91)102-57-35(80)32(77)41(44(108-57)48(85)86)104-52-23(60-13(3)67)28(73)38(19(9-64)97-52)101-56-33(78)30(75)40(43(106-56)47(83)84)103-51-22(59-12(2)66)27(72)37(18(8-63)96-51)99-54-25(70)15(69)6-16(94-54)46(81)82/h6,15,17-45,50-57,62-64,69-80H,7-10H2,1-5H3,(H,58,65)(H,59,66)(H,60,67)(H,61,68)(H,81,82)(H,83,84)(H,85,86)(H,87,88)(H,89,90,91)/t15-,17+,18+,19+,20+,21+,22+,23+,24+,25?,26+,27+,28+,29+,30+,31+,32+,33+,34+,35+,36?,37?,38?,39?,40-,41-,42-,43?,44?,45?,50-,51+,52+,53+,54-,55+,56+,57+/m0/s1. The second kappa shape index (κ2) is 37.3. The minimum atomic E-state index is -5.56. The molecule has 109 heavy (non-hydrogen) atoms. The van der Waals surface area contributed by atoms with Crippen LogP contribution in [0.25, 0.3) is 0 Å². The summed E-state index contributed by atoms with van der Waals surface area (Å²) in [4.78, 5) is 101. The summed E-state index contributed by atoms with van der Waals surface area (Å²) in [6, 6.07) is -7.68. The number of carboxylic acids is 4. The van der Waals surface area contributed by atoms with E-state index in [1.165, 1.54) is 0 Å². The van der Waals surface area contributed by atoms with Crippen LogP contribution in [0.2, 0.25) is 0 Å². The summed E-state index contributed by atoms with van der Waals surface area (Å²) in [5.41, 5.74) is 0. The fourth-order valence-electron chi connectivity index (χ4n) is 13.0. The van der Waals surface area contributed by atoms with E-state index in [-0.39, 0.29) is 0 Å². The van der Waals surface area contributed by atoms with Gasteiger partial charge in [0.15, 0.2) is 62.3 Å². The average molecular weight is 1610 g/mol. The molecule has 622 valence electrons. The lowest BCUT2D eigenvalue weighted by Crippen LogP contribution is -2.71. The predicted octanol–water partition coefficient (Wildman–Crippen LogP) is -15.9. The van der Waals surface area contributed by atoms with Gasteiger partial charge < -0.3 is 194 Å². The number of carboxylic acid groups (broad SMARTS) is 4. The zero-order valence-corrected chi connectivity index (χ0v) is 58.0. The van der Waals surface area contributed by atoms with Crippen LogP contribution in [0.3, 0.4) is 0 Å². The van der Waals surface area contributed by atoms with Crippen molar-refractivity contribution in [1.29, 1.82) is 0 Å². The molecule has 8 unspecified atom stereocenters. The molecule has 8 rings (SSSR count). The van der Waals surface area contributed by atoms with Gasteiger partial charge in [-0.05, 0) is 6.08 Å². The van der Waals surface area contributed by atoms with Crippen molar-refractivity contribution in [2.24, 2.45) is 0 Å². The van der Waals surface area contributed by atoms with Crippen LogP contribution < -0.4 is 21.3 Å². The Bertz CT molecular complexity index is 3310. The molecule has 8 heterocycles. The molecule has 8 aliphatic heterocycles. The summed E-state index contributed by atoms with van der Waals surface area (Å²) in [6.07, 6.45) is -76.6. The molecule has 0 aliphatic carbocycles. The zero-order chi connectivity index (χ0) is 81.0. The second-order valence-corrected chi connectivity index (χ2v) is 26.9. The lowest BCUT2D eigenvalue weighted by Gasteiger charge is -2.50. The number of carbonyl (C=O) groups excluding carboxylic acids is 4. The Hall–Kier alpha value is -6.03. The molecule has 7 fully saturated rings. The lowest BCUT2D eigenvalue weighted by molar-refractivity contribution is -0.381. The van der Waals surface area contributed by atoms with Crippen LogP contribution in [-0.4, -0.2) is 424 Å². The zero-order valence-electron chi connectivity index (χ0n) is 57.2. The molecule has 0 aromatic rings. The predicted molar refractivity (Wildman–Crippen MR) is 327 cm³/mol. The van der Waals surface area contributed by atoms with E-state index in [1.807, 2.05) is 0 Å². The van der Waals surface area contributed by atoms with Crippen molar-refractivity contribution in [1.82, 2.24) is 21.3 Å². The van der Waals surface area contributed by atoms with Crippen LogP contribution in [0.5, 0.6) is 0 Å². The van der Waals surface area contributed by atoms with Gasteiger partial charge in [0.05, 0.1) is 26.4 Å². The third kappa shape index (κ3) is 20.3. The first-order valence-corrected chi connectivity index (χ1v) is 34.1. The summed E-state index contributed by atoms with van der Waals surface area (Å²) in [7, 11) is -4.45. The van der Waals surface area contributed by atoms with Gasteiger partial charge in [0.25, 0.3) is 0 Å². The Morgan fingerprint density at radius 1 is 0.376 bits per heavy atom. The van der Waals surface area contributed by atoms with E-state index in [9.17, 15) is 148 Å². The summed E-state index contributed by atoms with van der Waals surface area (Å²) in [6.45, 7) is -1.32. The molecule has 4 amide bonds. The SMILES string of the molecule is CO[C@H]1O[C@H](CO)C(O[C@@H]2OC(C(=O)O)[C@@H](O[C@H]3O[C@H](COS(=O)(=O)O)C(O[C@@H]4OC(C(=O)O)[C@@H](O[C@H]5O[C@H](CO)C(O[C@@H]6OC(C(=O)O)[C@@H](O[C@H]7O[C@H](CO)C(O[C@@H]8OC(C(=O)O)=C[C@H](O)C8O)[C@H](O)[C@H]7NC(C)=O)[C@H](O)[C@H]6O)[C@H](O)[C@H]5NC(C)=O)[C@H](O)[C@H]4O)[C@H](O)[C@H]3NC(C)=O)[C@H](O)[C@H]2O)[C@H](O)[C@H]1NC(C)=O. The highest BCUT2D eigenvalue weighted by Crippen LogP contribution is 2.40. The molecule has 52 heteroatoms. The summed E-state index contributed by atoms with van der Waals surface area (Å²) in [5, 5.41) is 218. The van der Waals surface area contributed by atoms with Crippen LogP contribution >= 0.6 is 0 Å². The number of aliphatic carboxylic acids is 4. The van der Waals surface area contributed by atoms with Gasteiger partial charge in [0, 0.05) is 34.8 Å². The van der Waals surface area contributed by atoms with Gasteiger partial charge in [0.1, 0.15) is 165 Å². The highest BCUT2D eigenvalue weighted by Gasteiger charge is 2.62. The van der Waals surface area contributed by atoms with E-state index in [2.05, 4.69) is 25.5 Å². The topological polar surface area (TPSA) is 780 Å². The monoisotopic (exact) mass is 1610 g/mol. The van der Waals surface area contributed by atoms with Crippen molar-refractivity contribution < 1.29 is 228 Å². The number of amides is 4. The number of carbonyl (C=O) groups is 8. The molecular weight excluding hydrogens is 1520 g/mol. The van der Waals surface area contributed by atoms with E-state index < -0.39 is 323 Å². The molecule has 38 atom stereocenters. The number of aliphatic hydroxyl groups is 15. The quantitative estimate of drug-likeness (QED) is 0.0309. The fourth-order valence-corrected chi connectivity index (χ4v) is 13.4. The molecule has 8 aliphatic rings. The molecule has 0 saturated carbocycles. The maximum atomic E-state index is 13.1. The van der Waals surface area contributed by atoms with Crippen molar-refractivity contribution in [3.63, 3.8) is 0 Å². The molecular formula is C57H86N4O47S. The molecule has 0 aromatic heterocycles. The third-order valence-electron chi connectivity index (χ3n) is 18.1. The first-order chi connectivity index (χ1) is 51.1. The van der Waals surface area contributed by atoms with Gasteiger partial charge in [-0.25, -0.2) is 23.4 Å². The number of nitrogens with one attached hydrogen (secondary N) is 4. The number of methoxy groups -OCH3 is 1. The smallest absolute Gasteiger partial charge is 0.397 e. The van der Waals surface area contributed by atoms with Crippen LogP contribution in [0.4, 0.5) is 0 Å². The number of hydrogen-bond donors (Lipinski definition) is 24. The second-order valence-electron chi connectivity index (χ2n) is 25.8. The van der Waals surface area contributed by atoms with E-state index >= 15 is 0 Å². The van der Waals surface area contributed by atoms with Gasteiger partial charge in [-0.3, -0.25) is 23.7 Å². The number of ether oxygens (including phenoxy) is 16. The normalized spacial score (nSPS) is 44.1. The van der Waals surface area contributed by atoms with Crippen LogP contribution in [0, 0.1) is 0 Å². The molecule has 0 spiro atoms. The van der Waals surface area contributed by atoms with Gasteiger partial charge in [0.2, 0.25) is 35.7 Å². The highest BCUT2D eigenvalue weighted by atomic mass is 32.3. The molecule has 7 saturated heterocycles. The van der Waals surface area contributed by atoms with E-state index in [0.717, 1.165) is 34.8 Å². The number of aliphatic hydroxyl groups excluding tert-OH is 15. The molecule has 0 radical (unpaired) electrons. The number of hydrogen-bond acceptors (Lipinski definition) is 42. The summed E-state index contributed by atoms with van der Waals surface area (Å²) in [5.74, 6) is -12.7. The van der Waals surface area contributed by atoms with E-state index in [0.29, 0.717) is 6.08 Å². The maximum absolute atomic E-state index is 13.1. The van der Waals surface area contributed by atoms with Gasteiger partial charge in [-0.1, -0.05) is 0 Å². The first-order valence-electron chi connectivity index (χ1n) is 32.8. The van der Waals surface area contributed by atoms with Crippen molar-refractivity contribution in [2.45, 2.75) is 261 Å². The average Bonchev–Trinajstić information content (AvgIpc) is 0.767. The van der Waals surface area contributed by atoms with Crippen molar-refractivity contribution in [2.75, 3.05) is 33.5 Å². The first kappa shape index (κ1) is 88.5. The Kier molecular flexibility index (Phi) is 30.3. The Morgan fingerprint density at radius 3 is 0.927 bits per heavy atom. The van der Waals surface area contributed by atoms with E-state index in [4.69, 9.17) is 75.8 Å². The Labute approximate surface area is 612 Å². The fraction of sp³-hybridized carbons (Fsp3) is 0.825. The third-order valence-corrected chi connectivity index (χ3v) is 18.6. The minimum Gasteiger partial charge on any atom is -0.479 e. The van der Waals surface area contributed by atoms with Crippen LogP contribution in [-0.2, 0) is 129 Å². The largest absolute Gasteiger partial charge is 0.479 e. The molecule has 51 nitrogen and oxygen atoms in total. The van der Waals surface area contributed by atoms with Crippen LogP contribution in [0.15, 0.2) is 11.8 Å². The van der Waals surface area contributed by atoms with E-state index in [1.54, 1.807) is 0 Å².